The molecule has 8 heteroatoms. The Bertz CT molecular complexity index is 267. The van der Waals surface area contributed by atoms with Gasteiger partial charge in [-0.3, -0.25) is 0 Å². The minimum absolute atomic E-state index is 0.0257. The number of thioether (sulfide) groups is 4. The van der Waals surface area contributed by atoms with Gasteiger partial charge in [-0.05, 0) is 0 Å². The van der Waals surface area contributed by atoms with Gasteiger partial charge < -0.3 is 0 Å². The van der Waals surface area contributed by atoms with Crippen LogP contribution in [0.1, 0.15) is 0 Å². The summed E-state index contributed by atoms with van der Waals surface area (Å²) in [6, 6.07) is 0. The molecule has 0 bridgehead atoms. The van der Waals surface area contributed by atoms with E-state index in [0.717, 1.165) is 28.8 Å². The quantitative estimate of drug-likeness (QED) is 0.537. The summed E-state index contributed by atoms with van der Waals surface area (Å²) in [5.41, 5.74) is 0. The molecule has 2 saturated heterocycles. The third-order valence-corrected chi connectivity index (χ3v) is 13.7. The minimum Gasteiger partial charge on any atom is -0.178 e. The van der Waals surface area contributed by atoms with Crippen LogP contribution in [0, 0.1) is 0 Å². The largest absolute Gasteiger partial charge is 0.178 e. The van der Waals surface area contributed by atoms with Crippen LogP contribution in [-0.4, -0.2) is 53.2 Å². The molecule has 0 saturated carbocycles. The smallest absolute Gasteiger partial charge is 0.0834 e. The van der Waals surface area contributed by atoms with Crippen molar-refractivity contribution in [3.05, 3.63) is 0 Å². The van der Waals surface area contributed by atoms with Crippen LogP contribution in [-0.2, 0) is 0 Å². The highest BCUT2D eigenvalue weighted by Gasteiger charge is 2.52. The summed E-state index contributed by atoms with van der Waals surface area (Å²) in [5, 5.41) is 0.683. The maximum absolute atomic E-state index is 5.06. The van der Waals surface area contributed by atoms with E-state index in [1.54, 1.807) is 0 Å². The Morgan fingerprint density at radius 2 is 1.83 bits per heavy atom. The average Bonchev–Trinajstić information content (AvgIpc) is 2.42. The van der Waals surface area contributed by atoms with Crippen molar-refractivity contribution in [2.24, 2.45) is 0 Å². The zero-order valence-electron chi connectivity index (χ0n) is 9.82. The molecule has 0 radical (unpaired) electrons. The van der Waals surface area contributed by atoms with Crippen molar-refractivity contribution >= 4 is 97.6 Å². The summed E-state index contributed by atoms with van der Waals surface area (Å²) in [6.45, 7) is 0. The van der Waals surface area contributed by atoms with Gasteiger partial charge in [0.25, 0.3) is 0 Å². The Morgan fingerprint density at radius 1 is 1.06 bits per heavy atom. The molecule has 106 valence electrons. The highest BCUT2D eigenvalue weighted by atomic mass is 32.2. The number of rotatable bonds is 3. The Labute approximate surface area is 149 Å². The maximum Gasteiger partial charge on any atom is 0.0834 e. The first-order chi connectivity index (χ1) is 8.55. The topological polar surface area (TPSA) is 0 Å². The first kappa shape index (κ1) is 17.2. The Hall–Kier alpha value is 2.80. The van der Waals surface area contributed by atoms with E-state index in [1.807, 2.05) is 23.5 Å². The fraction of sp³-hybridized carbons (Fsp3) is 1.00. The average molecular weight is 395 g/mol. The summed E-state index contributed by atoms with van der Waals surface area (Å²) in [4.78, 5) is 0. The molecule has 0 aromatic heterocycles. The fourth-order valence-corrected chi connectivity index (χ4v) is 11.2. The van der Waals surface area contributed by atoms with Gasteiger partial charge in [0.2, 0.25) is 0 Å². The second-order valence-corrected chi connectivity index (χ2v) is 12.4. The monoisotopic (exact) mass is 394 g/mol. The van der Waals surface area contributed by atoms with E-state index in [0.29, 0.717) is 9.83 Å². The van der Waals surface area contributed by atoms with Crippen molar-refractivity contribution < 1.29 is 0 Å². The first-order valence-electron chi connectivity index (χ1n) is 5.68. The number of thiol groups is 4. The molecule has 2 fully saturated rings. The van der Waals surface area contributed by atoms with Crippen LogP contribution in [0.2, 0.25) is 0 Å². The van der Waals surface area contributed by atoms with Gasteiger partial charge in [0.15, 0.2) is 0 Å². The van der Waals surface area contributed by atoms with Crippen LogP contribution in [0.25, 0.3) is 0 Å². The molecular formula is C10H18S8. The van der Waals surface area contributed by atoms with E-state index in [1.165, 1.54) is 5.75 Å². The minimum atomic E-state index is 0.0257. The summed E-state index contributed by atoms with van der Waals surface area (Å²) in [7, 11) is 0. The van der Waals surface area contributed by atoms with Crippen molar-refractivity contribution in [3.63, 3.8) is 0 Å². The van der Waals surface area contributed by atoms with Gasteiger partial charge in [-0.15, -0.1) is 35.3 Å². The molecule has 18 heavy (non-hydrogen) atoms. The highest BCUT2D eigenvalue weighted by molar-refractivity contribution is 8.20. The second kappa shape index (κ2) is 7.38. The lowest BCUT2D eigenvalue weighted by Gasteiger charge is -2.51. The molecule has 2 heterocycles. The molecule has 0 nitrogen and oxygen atoms in total. The van der Waals surface area contributed by atoms with E-state index in [2.05, 4.69) is 61.4 Å². The molecule has 0 aromatic carbocycles. The maximum atomic E-state index is 5.06. The zero-order chi connectivity index (χ0) is 13.2. The molecule has 4 atom stereocenters. The lowest BCUT2D eigenvalue weighted by Crippen LogP contribution is -2.55. The Morgan fingerprint density at radius 3 is 2.28 bits per heavy atom. The van der Waals surface area contributed by atoms with Crippen LogP contribution in [0.5, 0.6) is 0 Å². The van der Waals surface area contributed by atoms with Crippen molar-refractivity contribution in [3.8, 4) is 0 Å². The third-order valence-electron chi connectivity index (χ3n) is 3.20. The van der Waals surface area contributed by atoms with Crippen LogP contribution in [0.15, 0.2) is 0 Å². The predicted octanol–water partition coefficient (Wildman–Crippen LogP) is 3.80. The summed E-state index contributed by atoms with van der Waals surface area (Å²) < 4.78 is 0.658. The lowest BCUT2D eigenvalue weighted by atomic mass is 10.1. The van der Waals surface area contributed by atoms with Crippen LogP contribution in [0.3, 0.4) is 0 Å². The third kappa shape index (κ3) is 3.58. The van der Waals surface area contributed by atoms with Crippen LogP contribution < -0.4 is 0 Å². The van der Waals surface area contributed by atoms with Crippen molar-refractivity contribution in [1.82, 2.24) is 0 Å². The van der Waals surface area contributed by atoms with Gasteiger partial charge in [0, 0.05) is 39.8 Å². The molecule has 2 aliphatic heterocycles. The first-order valence-corrected chi connectivity index (χ1v) is 12.0. The standard InChI is InChI=1S/C10H18S8/c11-1-7-2-17-9(4-12,5-15-7)10(14)6-16-8(13)3-18-10/h7-8,11-14H,1-6H2. The summed E-state index contributed by atoms with van der Waals surface area (Å²) in [6.07, 6.45) is 0. The van der Waals surface area contributed by atoms with Gasteiger partial charge in [-0.1, -0.05) is 0 Å². The normalized spacial score (nSPS) is 46.0. The molecule has 0 aromatic rings. The number of hydrogen-bond acceptors (Lipinski definition) is 8. The van der Waals surface area contributed by atoms with E-state index >= 15 is 0 Å². The van der Waals surface area contributed by atoms with Crippen molar-refractivity contribution in [2.45, 2.75) is 18.7 Å². The molecule has 0 amide bonds. The number of hydrogen-bond donors (Lipinski definition) is 4. The lowest BCUT2D eigenvalue weighted by molar-refractivity contribution is 0.684. The van der Waals surface area contributed by atoms with Gasteiger partial charge in [0.1, 0.15) is 0 Å². The molecule has 0 spiro atoms. The van der Waals surface area contributed by atoms with Crippen LogP contribution >= 0.6 is 97.6 Å². The van der Waals surface area contributed by atoms with E-state index in [9.17, 15) is 0 Å². The summed E-state index contributed by atoms with van der Waals surface area (Å²) in [5.74, 6) is 6.33. The molecule has 2 rings (SSSR count). The SMILES string of the molecule is SCC1CSC(CS)(C2(S)CSC(S)CS2)CS1. The molecule has 0 N–H and O–H groups in total. The van der Waals surface area contributed by atoms with Gasteiger partial charge in [-0.25, -0.2) is 0 Å². The summed E-state index contributed by atoms with van der Waals surface area (Å²) >= 11 is 26.7. The Kier molecular flexibility index (Phi) is 7.03. The van der Waals surface area contributed by atoms with Crippen molar-refractivity contribution in [1.29, 1.82) is 0 Å². The zero-order valence-corrected chi connectivity index (χ0v) is 16.7. The second-order valence-electron chi connectivity index (χ2n) is 4.44. The fourth-order valence-electron chi connectivity index (χ4n) is 1.91. The van der Waals surface area contributed by atoms with Gasteiger partial charge in [-0.2, -0.15) is 62.3 Å². The van der Waals surface area contributed by atoms with E-state index in [-0.39, 0.29) is 8.83 Å². The Balaban J connectivity index is 2.08. The molecule has 2 aliphatic rings. The highest BCUT2D eigenvalue weighted by Crippen LogP contribution is 2.57. The molecular weight excluding hydrogens is 377 g/mol. The van der Waals surface area contributed by atoms with Gasteiger partial charge >= 0.3 is 0 Å². The molecule has 4 unspecified atom stereocenters. The van der Waals surface area contributed by atoms with Crippen molar-refractivity contribution in [2.75, 3.05) is 34.5 Å². The van der Waals surface area contributed by atoms with Crippen LogP contribution in [0.4, 0.5) is 0 Å². The van der Waals surface area contributed by atoms with E-state index < -0.39 is 0 Å². The van der Waals surface area contributed by atoms with Gasteiger partial charge in [0.05, 0.1) is 13.4 Å². The predicted molar refractivity (Wildman–Crippen MR) is 109 cm³/mol. The molecule has 0 aliphatic carbocycles. The van der Waals surface area contributed by atoms with E-state index in [4.69, 9.17) is 12.6 Å².